The number of H-pyrrole nitrogens is 1. The van der Waals surface area contributed by atoms with Gasteiger partial charge in [-0.25, -0.2) is 0 Å². The molecule has 0 radical (unpaired) electrons. The number of rotatable bonds is 6. The molecule has 0 amide bonds. The van der Waals surface area contributed by atoms with Crippen LogP contribution in [-0.2, 0) is 4.74 Å². The van der Waals surface area contributed by atoms with Crippen LogP contribution in [0.2, 0.25) is 0 Å². The van der Waals surface area contributed by atoms with Gasteiger partial charge in [0.25, 0.3) is 0 Å². The zero-order chi connectivity index (χ0) is 11.1. The SMILES string of the molecule is CCOCCCNc1nc(=S)[nH]nc1C. The molecule has 0 saturated heterocycles. The number of anilines is 1. The first-order valence-electron chi connectivity index (χ1n) is 4.99. The van der Waals surface area contributed by atoms with Crippen LogP contribution < -0.4 is 5.32 Å². The van der Waals surface area contributed by atoms with Gasteiger partial charge in [-0.2, -0.15) is 10.1 Å². The fraction of sp³-hybridized carbons (Fsp3) is 0.667. The molecule has 2 N–H and O–H groups in total. The van der Waals surface area contributed by atoms with Crippen LogP contribution in [0, 0.1) is 11.7 Å². The van der Waals surface area contributed by atoms with Gasteiger partial charge in [0.15, 0.2) is 5.82 Å². The molecule has 1 aromatic heterocycles. The predicted molar refractivity (Wildman–Crippen MR) is 61.6 cm³/mol. The Labute approximate surface area is 94.3 Å². The number of aromatic nitrogens is 3. The van der Waals surface area contributed by atoms with Crippen molar-refractivity contribution in [2.45, 2.75) is 20.3 Å². The normalized spacial score (nSPS) is 10.3. The quantitative estimate of drug-likeness (QED) is 0.573. The number of aromatic amines is 1. The van der Waals surface area contributed by atoms with E-state index in [1.165, 1.54) is 0 Å². The summed E-state index contributed by atoms with van der Waals surface area (Å²) in [5.74, 6) is 0.746. The minimum atomic E-state index is 0.396. The Kier molecular flexibility index (Phi) is 5.20. The molecule has 0 aliphatic rings. The Morgan fingerprint density at radius 2 is 2.33 bits per heavy atom. The van der Waals surface area contributed by atoms with E-state index in [9.17, 15) is 0 Å². The summed E-state index contributed by atoms with van der Waals surface area (Å²) in [6, 6.07) is 0. The summed E-state index contributed by atoms with van der Waals surface area (Å²) in [6.45, 7) is 6.20. The molecule has 6 heteroatoms. The van der Waals surface area contributed by atoms with Gasteiger partial charge in [-0.1, -0.05) is 0 Å². The molecule has 0 saturated carbocycles. The topological polar surface area (TPSA) is 62.8 Å². The van der Waals surface area contributed by atoms with Crippen LogP contribution in [0.25, 0.3) is 0 Å². The lowest BCUT2D eigenvalue weighted by Gasteiger charge is -2.06. The molecule has 0 fully saturated rings. The highest BCUT2D eigenvalue weighted by Crippen LogP contribution is 2.05. The molecule has 1 rings (SSSR count). The van der Waals surface area contributed by atoms with Gasteiger partial charge < -0.3 is 10.1 Å². The van der Waals surface area contributed by atoms with Crippen LogP contribution in [0.1, 0.15) is 19.0 Å². The van der Waals surface area contributed by atoms with Crippen molar-refractivity contribution in [3.63, 3.8) is 0 Å². The van der Waals surface area contributed by atoms with Crippen molar-refractivity contribution in [3.05, 3.63) is 10.5 Å². The van der Waals surface area contributed by atoms with E-state index in [1.54, 1.807) is 0 Å². The Balaban J connectivity index is 2.37. The standard InChI is InChI=1S/C9H16N4OS/c1-3-14-6-4-5-10-8-7(2)12-13-9(15)11-8/h3-6H2,1-2H3,(H2,10,11,13,15). The molecule has 1 heterocycles. The molecule has 5 nitrogen and oxygen atoms in total. The molecule has 84 valence electrons. The van der Waals surface area contributed by atoms with Crippen LogP contribution in [0.4, 0.5) is 5.82 Å². The largest absolute Gasteiger partial charge is 0.382 e. The monoisotopic (exact) mass is 228 g/mol. The second-order valence-corrected chi connectivity index (χ2v) is 3.44. The molecule has 0 atom stereocenters. The van der Waals surface area contributed by atoms with E-state index < -0.39 is 0 Å². The summed E-state index contributed by atoms with van der Waals surface area (Å²) in [6.07, 6.45) is 0.945. The first-order chi connectivity index (χ1) is 7.24. The molecule has 0 bridgehead atoms. The zero-order valence-corrected chi connectivity index (χ0v) is 9.86. The number of aryl methyl sites for hydroxylation is 1. The van der Waals surface area contributed by atoms with Crippen molar-refractivity contribution in [2.24, 2.45) is 0 Å². The molecule has 0 spiro atoms. The summed E-state index contributed by atoms with van der Waals surface area (Å²) in [4.78, 5) is 4.14. The van der Waals surface area contributed by atoms with Gasteiger partial charge in [0.1, 0.15) is 0 Å². The second-order valence-electron chi connectivity index (χ2n) is 3.05. The van der Waals surface area contributed by atoms with Crippen molar-refractivity contribution >= 4 is 18.0 Å². The first kappa shape index (κ1) is 12.1. The fourth-order valence-electron chi connectivity index (χ4n) is 1.08. The van der Waals surface area contributed by atoms with Gasteiger partial charge in [-0.05, 0) is 32.5 Å². The highest BCUT2D eigenvalue weighted by atomic mass is 32.1. The number of hydrogen-bond donors (Lipinski definition) is 2. The smallest absolute Gasteiger partial charge is 0.215 e. The lowest BCUT2D eigenvalue weighted by Crippen LogP contribution is -2.09. The summed E-state index contributed by atoms with van der Waals surface area (Å²) in [5.41, 5.74) is 0.819. The Morgan fingerprint density at radius 3 is 3.07 bits per heavy atom. The highest BCUT2D eigenvalue weighted by Gasteiger charge is 1.99. The van der Waals surface area contributed by atoms with Gasteiger partial charge >= 0.3 is 0 Å². The lowest BCUT2D eigenvalue weighted by atomic mass is 10.4. The van der Waals surface area contributed by atoms with Gasteiger partial charge in [-0.3, -0.25) is 5.10 Å². The second kappa shape index (κ2) is 6.47. The molecular formula is C9H16N4OS. The van der Waals surface area contributed by atoms with Crippen LogP contribution in [0.3, 0.4) is 0 Å². The van der Waals surface area contributed by atoms with Gasteiger partial charge in [0.05, 0.1) is 5.69 Å². The summed E-state index contributed by atoms with van der Waals surface area (Å²) >= 11 is 4.89. The van der Waals surface area contributed by atoms with Gasteiger partial charge in [0, 0.05) is 19.8 Å². The molecule has 0 aliphatic heterocycles. The molecule has 0 aliphatic carbocycles. The van der Waals surface area contributed by atoms with Crippen LogP contribution in [0.15, 0.2) is 0 Å². The molecule has 0 unspecified atom stereocenters. The number of nitrogens with one attached hydrogen (secondary N) is 2. The Morgan fingerprint density at radius 1 is 1.53 bits per heavy atom. The Bertz CT molecular complexity index is 352. The third-order valence-corrected chi connectivity index (χ3v) is 2.02. The molecule has 0 aromatic carbocycles. The van der Waals surface area contributed by atoms with Crippen LogP contribution >= 0.6 is 12.2 Å². The van der Waals surface area contributed by atoms with E-state index in [0.29, 0.717) is 4.77 Å². The van der Waals surface area contributed by atoms with E-state index in [1.807, 2.05) is 13.8 Å². The van der Waals surface area contributed by atoms with Crippen LogP contribution in [0.5, 0.6) is 0 Å². The van der Waals surface area contributed by atoms with E-state index >= 15 is 0 Å². The molecule has 1 aromatic rings. The van der Waals surface area contributed by atoms with Gasteiger partial charge in [0.2, 0.25) is 4.77 Å². The lowest BCUT2D eigenvalue weighted by molar-refractivity contribution is 0.147. The maximum Gasteiger partial charge on any atom is 0.215 e. The summed E-state index contributed by atoms with van der Waals surface area (Å²) < 4.78 is 5.62. The number of nitrogens with zero attached hydrogens (tertiary/aromatic N) is 2. The average molecular weight is 228 g/mol. The molecular weight excluding hydrogens is 212 g/mol. The maximum absolute atomic E-state index is 5.22. The Hall–Kier alpha value is -1.01. The number of ether oxygens (including phenoxy) is 1. The summed E-state index contributed by atoms with van der Waals surface area (Å²) in [5, 5.41) is 9.82. The summed E-state index contributed by atoms with van der Waals surface area (Å²) in [7, 11) is 0. The van der Waals surface area contributed by atoms with Crippen molar-refractivity contribution < 1.29 is 4.74 Å². The molecule has 15 heavy (non-hydrogen) atoms. The third-order valence-electron chi connectivity index (χ3n) is 1.84. The predicted octanol–water partition coefficient (Wildman–Crippen LogP) is 1.68. The van der Waals surface area contributed by atoms with Gasteiger partial charge in [-0.15, -0.1) is 0 Å². The minimum absolute atomic E-state index is 0.396. The zero-order valence-electron chi connectivity index (χ0n) is 9.04. The van der Waals surface area contributed by atoms with Crippen molar-refractivity contribution in [1.82, 2.24) is 15.2 Å². The van der Waals surface area contributed by atoms with Crippen molar-refractivity contribution in [1.29, 1.82) is 0 Å². The van der Waals surface area contributed by atoms with Crippen molar-refractivity contribution in [3.8, 4) is 0 Å². The minimum Gasteiger partial charge on any atom is -0.382 e. The highest BCUT2D eigenvalue weighted by molar-refractivity contribution is 7.71. The van der Waals surface area contributed by atoms with Crippen LogP contribution in [-0.4, -0.2) is 34.9 Å². The van der Waals surface area contributed by atoms with E-state index in [4.69, 9.17) is 17.0 Å². The van der Waals surface area contributed by atoms with Crippen molar-refractivity contribution in [2.75, 3.05) is 25.1 Å². The fourth-order valence-corrected chi connectivity index (χ4v) is 1.22. The first-order valence-corrected chi connectivity index (χ1v) is 5.39. The average Bonchev–Trinajstić information content (AvgIpc) is 2.23. The van der Waals surface area contributed by atoms with E-state index in [-0.39, 0.29) is 0 Å². The third kappa shape index (κ3) is 4.35. The number of hydrogen-bond acceptors (Lipinski definition) is 5. The van der Waals surface area contributed by atoms with E-state index in [0.717, 1.165) is 37.7 Å². The van der Waals surface area contributed by atoms with E-state index in [2.05, 4.69) is 20.5 Å². The maximum atomic E-state index is 5.22.